The summed E-state index contributed by atoms with van der Waals surface area (Å²) in [7, 11) is 1.67. The molecule has 0 aromatic heterocycles. The molecule has 0 amide bonds. The topological polar surface area (TPSA) is 29.5 Å². The number of hydrogen-bond acceptors (Lipinski definition) is 2. The van der Waals surface area contributed by atoms with Crippen LogP contribution in [0.5, 0.6) is 0 Å². The first-order chi connectivity index (χ1) is 5.17. The molecule has 0 bridgehead atoms. The zero-order chi connectivity index (χ0) is 8.85. The van der Waals surface area contributed by atoms with Crippen molar-refractivity contribution in [2.75, 3.05) is 13.7 Å². The van der Waals surface area contributed by atoms with Crippen LogP contribution in [0, 0.1) is 5.92 Å². The van der Waals surface area contributed by atoms with Crippen molar-refractivity contribution >= 4 is 0 Å². The number of aliphatic hydroxyl groups excluding tert-OH is 1. The maximum atomic E-state index is 8.87. The molecule has 2 nitrogen and oxygen atoms in total. The van der Waals surface area contributed by atoms with Gasteiger partial charge in [-0.05, 0) is 19.4 Å². The van der Waals surface area contributed by atoms with Gasteiger partial charge in [0.05, 0.1) is 6.10 Å². The molecule has 0 unspecified atom stereocenters. The Kier molecular flexibility index (Phi) is 5.16. The van der Waals surface area contributed by atoms with Crippen LogP contribution in [0.1, 0.15) is 20.8 Å². The van der Waals surface area contributed by atoms with Gasteiger partial charge in [0.25, 0.3) is 0 Å². The van der Waals surface area contributed by atoms with Gasteiger partial charge in [0.1, 0.15) is 0 Å². The summed E-state index contributed by atoms with van der Waals surface area (Å²) in [5, 5.41) is 8.87. The Morgan fingerprint density at radius 1 is 1.64 bits per heavy atom. The van der Waals surface area contributed by atoms with E-state index in [2.05, 4.69) is 0 Å². The minimum atomic E-state index is 0.0602. The van der Waals surface area contributed by atoms with Gasteiger partial charge in [-0.15, -0.1) is 0 Å². The third-order valence-corrected chi connectivity index (χ3v) is 1.96. The Balaban J connectivity index is 4.15. The first-order valence-electron chi connectivity index (χ1n) is 3.93. The quantitative estimate of drug-likeness (QED) is 0.630. The van der Waals surface area contributed by atoms with Crippen LogP contribution in [-0.4, -0.2) is 24.9 Å². The lowest BCUT2D eigenvalue weighted by molar-refractivity contribution is 0.0587. The van der Waals surface area contributed by atoms with Gasteiger partial charge in [0.2, 0.25) is 0 Å². The van der Waals surface area contributed by atoms with Gasteiger partial charge in [-0.1, -0.05) is 13.0 Å². The van der Waals surface area contributed by atoms with E-state index < -0.39 is 0 Å². The Labute approximate surface area is 68.9 Å². The van der Waals surface area contributed by atoms with E-state index in [0.717, 1.165) is 0 Å². The normalized spacial score (nSPS) is 18.1. The average molecular weight is 158 g/mol. The molecule has 0 aromatic rings. The van der Waals surface area contributed by atoms with Crippen LogP contribution < -0.4 is 0 Å². The third-order valence-electron chi connectivity index (χ3n) is 1.96. The molecule has 0 aliphatic rings. The minimum Gasteiger partial charge on any atom is -0.396 e. The second kappa shape index (κ2) is 5.33. The first kappa shape index (κ1) is 10.7. The summed E-state index contributed by atoms with van der Waals surface area (Å²) in [4.78, 5) is 0. The van der Waals surface area contributed by atoms with Gasteiger partial charge < -0.3 is 9.84 Å². The van der Waals surface area contributed by atoms with Crippen LogP contribution in [-0.2, 0) is 4.74 Å². The van der Waals surface area contributed by atoms with Gasteiger partial charge in [-0.25, -0.2) is 0 Å². The summed E-state index contributed by atoms with van der Waals surface area (Å²) < 4.78 is 5.23. The molecule has 1 N–H and O–H groups in total. The molecule has 0 saturated heterocycles. The zero-order valence-corrected chi connectivity index (χ0v) is 7.79. The largest absolute Gasteiger partial charge is 0.396 e. The van der Waals surface area contributed by atoms with Crippen molar-refractivity contribution in [2.24, 2.45) is 5.92 Å². The molecule has 66 valence electrons. The van der Waals surface area contributed by atoms with Crippen LogP contribution in [0.15, 0.2) is 11.6 Å². The lowest BCUT2D eigenvalue weighted by atomic mass is 9.99. The third kappa shape index (κ3) is 3.04. The highest BCUT2D eigenvalue weighted by molar-refractivity contribution is 5.04. The molecule has 0 radical (unpaired) electrons. The fourth-order valence-corrected chi connectivity index (χ4v) is 1.13. The molecule has 0 aliphatic heterocycles. The first-order valence-corrected chi connectivity index (χ1v) is 3.93. The molecule has 0 saturated carbocycles. The van der Waals surface area contributed by atoms with Crippen LogP contribution >= 0.6 is 0 Å². The predicted molar refractivity (Wildman–Crippen MR) is 46.5 cm³/mol. The number of ether oxygens (including phenoxy) is 1. The van der Waals surface area contributed by atoms with E-state index in [1.165, 1.54) is 5.57 Å². The Bertz CT molecular complexity index is 130. The predicted octanol–water partition coefficient (Wildman–Crippen LogP) is 1.60. The van der Waals surface area contributed by atoms with E-state index in [-0.39, 0.29) is 18.6 Å². The fourth-order valence-electron chi connectivity index (χ4n) is 1.13. The van der Waals surface area contributed by atoms with E-state index in [0.29, 0.717) is 0 Å². The second-order valence-electron chi connectivity index (χ2n) is 2.85. The van der Waals surface area contributed by atoms with E-state index >= 15 is 0 Å². The SMILES string of the molecule is C/C=C(\C)[C@H](OC)[C@H](C)CO. The van der Waals surface area contributed by atoms with Crippen LogP contribution in [0.4, 0.5) is 0 Å². The van der Waals surface area contributed by atoms with Crippen LogP contribution in [0.25, 0.3) is 0 Å². The Hall–Kier alpha value is -0.340. The van der Waals surface area contributed by atoms with E-state index in [4.69, 9.17) is 9.84 Å². The summed E-state index contributed by atoms with van der Waals surface area (Å²) in [6.07, 6.45) is 2.07. The van der Waals surface area contributed by atoms with Crippen molar-refractivity contribution in [3.05, 3.63) is 11.6 Å². The highest BCUT2D eigenvalue weighted by atomic mass is 16.5. The highest BCUT2D eigenvalue weighted by Crippen LogP contribution is 2.14. The molecule has 0 aliphatic carbocycles. The number of rotatable bonds is 4. The molecule has 0 fully saturated rings. The Morgan fingerprint density at radius 2 is 2.18 bits per heavy atom. The smallest absolute Gasteiger partial charge is 0.0825 e. The molecule has 2 heteroatoms. The number of allylic oxidation sites excluding steroid dienone is 1. The second-order valence-corrected chi connectivity index (χ2v) is 2.85. The lowest BCUT2D eigenvalue weighted by Crippen LogP contribution is -2.24. The summed E-state index contributed by atoms with van der Waals surface area (Å²) in [5.41, 5.74) is 1.18. The van der Waals surface area contributed by atoms with Gasteiger partial charge >= 0.3 is 0 Å². The molecule has 0 rings (SSSR count). The maximum absolute atomic E-state index is 8.87. The summed E-state index contributed by atoms with van der Waals surface area (Å²) in [5.74, 6) is 0.177. The van der Waals surface area contributed by atoms with Gasteiger partial charge in [0.15, 0.2) is 0 Å². The van der Waals surface area contributed by atoms with Crippen molar-refractivity contribution in [2.45, 2.75) is 26.9 Å². The van der Waals surface area contributed by atoms with Crippen molar-refractivity contribution in [3.63, 3.8) is 0 Å². The minimum absolute atomic E-state index is 0.0602. The van der Waals surface area contributed by atoms with E-state index in [9.17, 15) is 0 Å². The molecular formula is C9H18O2. The average Bonchev–Trinajstić information content (AvgIpc) is 2.05. The summed E-state index contributed by atoms with van der Waals surface area (Å²) in [6.45, 7) is 6.14. The Morgan fingerprint density at radius 3 is 2.45 bits per heavy atom. The standard InChI is InChI=1S/C9H18O2/c1-5-7(2)9(11-4)8(3)6-10/h5,8-10H,6H2,1-4H3/b7-5+/t8-,9+/m1/s1. The maximum Gasteiger partial charge on any atom is 0.0825 e. The molecule has 0 spiro atoms. The van der Waals surface area contributed by atoms with E-state index in [1.54, 1.807) is 7.11 Å². The number of methoxy groups -OCH3 is 1. The summed E-state index contributed by atoms with van der Waals surface area (Å²) in [6, 6.07) is 0. The molecular weight excluding hydrogens is 140 g/mol. The van der Waals surface area contributed by atoms with E-state index in [1.807, 2.05) is 26.8 Å². The van der Waals surface area contributed by atoms with Crippen molar-refractivity contribution in [1.29, 1.82) is 0 Å². The van der Waals surface area contributed by atoms with Crippen molar-refractivity contribution in [1.82, 2.24) is 0 Å². The summed E-state index contributed by atoms with van der Waals surface area (Å²) >= 11 is 0. The van der Waals surface area contributed by atoms with Crippen molar-refractivity contribution in [3.8, 4) is 0 Å². The number of hydrogen-bond donors (Lipinski definition) is 1. The number of aliphatic hydroxyl groups is 1. The van der Waals surface area contributed by atoms with Gasteiger partial charge in [-0.3, -0.25) is 0 Å². The molecule has 0 heterocycles. The fraction of sp³-hybridized carbons (Fsp3) is 0.778. The molecule has 0 aromatic carbocycles. The molecule has 11 heavy (non-hydrogen) atoms. The molecule has 2 atom stereocenters. The van der Waals surface area contributed by atoms with Crippen molar-refractivity contribution < 1.29 is 9.84 Å². The monoisotopic (exact) mass is 158 g/mol. The van der Waals surface area contributed by atoms with Gasteiger partial charge in [-0.2, -0.15) is 0 Å². The van der Waals surface area contributed by atoms with Crippen LogP contribution in [0.2, 0.25) is 0 Å². The van der Waals surface area contributed by atoms with Crippen LogP contribution in [0.3, 0.4) is 0 Å². The highest BCUT2D eigenvalue weighted by Gasteiger charge is 2.16. The lowest BCUT2D eigenvalue weighted by Gasteiger charge is -2.21. The zero-order valence-electron chi connectivity index (χ0n) is 7.79. The van der Waals surface area contributed by atoms with Gasteiger partial charge in [0, 0.05) is 19.6 Å².